The molecule has 0 unspecified atom stereocenters. The van der Waals surface area contributed by atoms with Crippen LogP contribution in [0.25, 0.3) is 0 Å². The fourth-order valence-electron chi connectivity index (χ4n) is 2.73. The predicted molar refractivity (Wildman–Crippen MR) is 85.3 cm³/mol. The maximum atomic E-state index is 6.31. The Labute approximate surface area is 125 Å². The summed E-state index contributed by atoms with van der Waals surface area (Å²) >= 11 is 0. The summed E-state index contributed by atoms with van der Waals surface area (Å²) in [5, 5.41) is 3.65. The van der Waals surface area contributed by atoms with E-state index >= 15 is 0 Å². The Hall–Kier alpha value is -0.120. The Balaban J connectivity index is 2.45. The van der Waals surface area contributed by atoms with E-state index in [9.17, 15) is 0 Å². The minimum Gasteiger partial charge on any atom is -0.379 e. The number of hydrogen-bond donors (Lipinski definition) is 1. The van der Waals surface area contributed by atoms with Gasteiger partial charge in [-0.1, -0.05) is 32.6 Å². The van der Waals surface area contributed by atoms with E-state index in [0.717, 1.165) is 32.8 Å². The highest BCUT2D eigenvalue weighted by Crippen LogP contribution is 2.30. The lowest BCUT2D eigenvalue weighted by Gasteiger charge is -2.36. The first-order valence-electron chi connectivity index (χ1n) is 8.44. The molecule has 0 aliphatic heterocycles. The zero-order valence-corrected chi connectivity index (χ0v) is 14.1. The van der Waals surface area contributed by atoms with Crippen LogP contribution in [0.2, 0.25) is 0 Å². The third kappa shape index (κ3) is 7.61. The van der Waals surface area contributed by atoms with Gasteiger partial charge in [-0.3, -0.25) is 0 Å². The molecule has 0 spiro atoms. The van der Waals surface area contributed by atoms with Crippen molar-refractivity contribution >= 4 is 0 Å². The average molecular weight is 285 g/mol. The average Bonchev–Trinajstić information content (AvgIpc) is 2.62. The molecule has 1 saturated carbocycles. The molecule has 1 aliphatic rings. The molecule has 120 valence electrons. The maximum Gasteiger partial charge on any atom is 0.0807 e. The largest absolute Gasteiger partial charge is 0.379 e. The lowest BCUT2D eigenvalue weighted by Crippen LogP contribution is -2.49. The Morgan fingerprint density at radius 3 is 2.15 bits per heavy atom. The molecule has 0 amide bonds. The van der Waals surface area contributed by atoms with Gasteiger partial charge in [-0.25, -0.2) is 0 Å². The fourth-order valence-corrected chi connectivity index (χ4v) is 2.73. The van der Waals surface area contributed by atoms with Crippen LogP contribution in [-0.4, -0.2) is 37.5 Å². The molecule has 0 saturated heterocycles. The van der Waals surface area contributed by atoms with Crippen molar-refractivity contribution in [2.45, 2.75) is 83.8 Å². The second kappa shape index (κ2) is 9.01. The summed E-state index contributed by atoms with van der Waals surface area (Å²) in [5.41, 5.74) is 0.181. The molecule has 0 aromatic heterocycles. The predicted octanol–water partition coefficient (Wildman–Crippen LogP) is 3.91. The first kappa shape index (κ1) is 17.9. The van der Waals surface area contributed by atoms with Gasteiger partial charge in [0.25, 0.3) is 0 Å². The van der Waals surface area contributed by atoms with Gasteiger partial charge in [-0.05, 0) is 40.0 Å². The molecule has 1 rings (SSSR count). The topological polar surface area (TPSA) is 30.5 Å². The van der Waals surface area contributed by atoms with Gasteiger partial charge in [0.2, 0.25) is 0 Å². The minimum atomic E-state index is 0.0271. The third-order valence-electron chi connectivity index (χ3n) is 3.94. The van der Waals surface area contributed by atoms with Crippen molar-refractivity contribution in [1.29, 1.82) is 0 Å². The summed E-state index contributed by atoms with van der Waals surface area (Å²) in [6.45, 7) is 12.1. The van der Waals surface area contributed by atoms with Gasteiger partial charge in [0.05, 0.1) is 18.8 Å². The molecule has 3 heteroatoms. The molecule has 20 heavy (non-hydrogen) atoms. The third-order valence-corrected chi connectivity index (χ3v) is 3.94. The van der Waals surface area contributed by atoms with Gasteiger partial charge in [-0.2, -0.15) is 0 Å². The number of hydrogen-bond acceptors (Lipinski definition) is 3. The molecular weight excluding hydrogens is 250 g/mol. The van der Waals surface area contributed by atoms with Crippen molar-refractivity contribution in [2.24, 2.45) is 0 Å². The molecule has 0 radical (unpaired) electrons. The van der Waals surface area contributed by atoms with Gasteiger partial charge < -0.3 is 14.8 Å². The van der Waals surface area contributed by atoms with Crippen LogP contribution in [0.5, 0.6) is 0 Å². The second-order valence-electron chi connectivity index (χ2n) is 7.16. The minimum absolute atomic E-state index is 0.0271. The molecule has 0 bridgehead atoms. The summed E-state index contributed by atoms with van der Waals surface area (Å²) < 4.78 is 11.9. The summed E-state index contributed by atoms with van der Waals surface area (Å²) in [5.74, 6) is 0. The first-order valence-corrected chi connectivity index (χ1v) is 8.44. The van der Waals surface area contributed by atoms with Crippen LogP contribution in [0.1, 0.15) is 72.6 Å². The quantitative estimate of drug-likeness (QED) is 0.542. The molecule has 0 aromatic carbocycles. The molecule has 1 aliphatic carbocycles. The summed E-state index contributed by atoms with van der Waals surface area (Å²) in [6.07, 6.45) is 8.74. The van der Waals surface area contributed by atoms with Gasteiger partial charge in [0.15, 0.2) is 0 Å². The molecule has 0 heterocycles. The normalized spacial score (nSPS) is 19.8. The van der Waals surface area contributed by atoms with E-state index in [2.05, 4.69) is 33.0 Å². The fraction of sp³-hybridized carbons (Fsp3) is 1.00. The van der Waals surface area contributed by atoms with E-state index in [1.165, 1.54) is 38.5 Å². The van der Waals surface area contributed by atoms with Gasteiger partial charge in [-0.15, -0.1) is 0 Å². The molecule has 0 atom stereocenters. The standard InChI is InChI=1S/C17H35NO2/c1-5-12-19-13-14-20-17(15-18-16(2,3)4)10-8-6-7-9-11-17/h18H,5-15H2,1-4H3. The Morgan fingerprint density at radius 1 is 0.950 bits per heavy atom. The Bertz CT molecular complexity index is 240. The van der Waals surface area contributed by atoms with Crippen LogP contribution in [0.4, 0.5) is 0 Å². The lowest BCUT2D eigenvalue weighted by atomic mass is 9.92. The van der Waals surface area contributed by atoms with Gasteiger partial charge in [0.1, 0.15) is 0 Å². The number of nitrogens with one attached hydrogen (secondary N) is 1. The van der Waals surface area contributed by atoms with Crippen LogP contribution in [-0.2, 0) is 9.47 Å². The van der Waals surface area contributed by atoms with Crippen LogP contribution in [0.3, 0.4) is 0 Å². The lowest BCUT2D eigenvalue weighted by molar-refractivity contribution is -0.0775. The highest BCUT2D eigenvalue weighted by molar-refractivity contribution is 4.88. The van der Waals surface area contributed by atoms with Crippen LogP contribution in [0, 0.1) is 0 Å². The van der Waals surface area contributed by atoms with E-state index in [-0.39, 0.29) is 11.1 Å². The molecular formula is C17H35NO2. The van der Waals surface area contributed by atoms with Crippen molar-refractivity contribution in [3.8, 4) is 0 Å². The molecule has 1 N–H and O–H groups in total. The van der Waals surface area contributed by atoms with Crippen molar-refractivity contribution < 1.29 is 9.47 Å². The van der Waals surface area contributed by atoms with E-state index in [0.29, 0.717) is 0 Å². The van der Waals surface area contributed by atoms with Gasteiger partial charge >= 0.3 is 0 Å². The Kier molecular flexibility index (Phi) is 8.08. The van der Waals surface area contributed by atoms with Crippen molar-refractivity contribution in [2.75, 3.05) is 26.4 Å². The monoisotopic (exact) mass is 285 g/mol. The Morgan fingerprint density at radius 2 is 1.60 bits per heavy atom. The van der Waals surface area contributed by atoms with Crippen molar-refractivity contribution in [1.82, 2.24) is 5.32 Å². The van der Waals surface area contributed by atoms with Gasteiger partial charge in [0, 0.05) is 18.7 Å². The smallest absolute Gasteiger partial charge is 0.0807 e. The molecule has 1 fully saturated rings. The zero-order chi connectivity index (χ0) is 14.9. The summed E-state index contributed by atoms with van der Waals surface area (Å²) in [6, 6.07) is 0. The summed E-state index contributed by atoms with van der Waals surface area (Å²) in [4.78, 5) is 0. The van der Waals surface area contributed by atoms with E-state index in [1.807, 2.05) is 0 Å². The van der Waals surface area contributed by atoms with Crippen LogP contribution >= 0.6 is 0 Å². The maximum absolute atomic E-state index is 6.31. The number of ether oxygens (including phenoxy) is 2. The van der Waals surface area contributed by atoms with Crippen molar-refractivity contribution in [3.63, 3.8) is 0 Å². The SMILES string of the molecule is CCCOCCOC1(CNC(C)(C)C)CCCCCC1. The number of rotatable bonds is 8. The molecule has 3 nitrogen and oxygen atoms in total. The summed E-state index contributed by atoms with van der Waals surface area (Å²) in [7, 11) is 0. The van der Waals surface area contributed by atoms with Crippen LogP contribution < -0.4 is 5.32 Å². The van der Waals surface area contributed by atoms with Crippen molar-refractivity contribution in [3.05, 3.63) is 0 Å². The first-order chi connectivity index (χ1) is 9.47. The zero-order valence-electron chi connectivity index (χ0n) is 14.1. The van der Waals surface area contributed by atoms with E-state index in [4.69, 9.17) is 9.47 Å². The molecule has 0 aromatic rings. The second-order valence-corrected chi connectivity index (χ2v) is 7.16. The highest BCUT2D eigenvalue weighted by atomic mass is 16.5. The highest BCUT2D eigenvalue weighted by Gasteiger charge is 2.32. The van der Waals surface area contributed by atoms with Crippen LogP contribution in [0.15, 0.2) is 0 Å². The van der Waals surface area contributed by atoms with E-state index < -0.39 is 0 Å². The van der Waals surface area contributed by atoms with E-state index in [1.54, 1.807) is 0 Å².